The van der Waals surface area contributed by atoms with Gasteiger partial charge in [0, 0.05) is 19.1 Å². The Morgan fingerprint density at radius 1 is 1.63 bits per heavy atom. The Morgan fingerprint density at radius 2 is 2.53 bits per heavy atom. The molecule has 3 rings (SSSR count). The van der Waals surface area contributed by atoms with Crippen LogP contribution in [0.5, 0.6) is 0 Å². The minimum absolute atomic E-state index is 0.0685. The predicted molar refractivity (Wildman–Crippen MR) is 72.7 cm³/mol. The molecule has 0 spiro atoms. The van der Waals surface area contributed by atoms with Crippen LogP contribution in [0.25, 0.3) is 10.8 Å². The van der Waals surface area contributed by atoms with Crippen molar-refractivity contribution in [2.24, 2.45) is 5.73 Å². The Bertz CT molecular complexity index is 564. The average molecular weight is 277 g/mol. The smallest absolute Gasteiger partial charge is 0.236 e. The highest BCUT2D eigenvalue weighted by atomic mass is 32.1. The summed E-state index contributed by atoms with van der Waals surface area (Å²) in [7, 11) is 0. The molecule has 100 valence electrons. The molecule has 0 bridgehead atoms. The first-order valence-corrected chi connectivity index (χ1v) is 7.12. The Kier molecular flexibility index (Phi) is 3.35. The van der Waals surface area contributed by atoms with E-state index in [1.165, 1.54) is 0 Å². The fourth-order valence-electron chi connectivity index (χ4n) is 2.18. The molecule has 1 aliphatic heterocycles. The SMILES string of the molecule is N[C@@H]1CCN(C(=O)Cc2coc(-c3cccs3)n2)C1. The number of carbonyl (C=O) groups is 1. The quantitative estimate of drug-likeness (QED) is 0.923. The van der Waals surface area contributed by atoms with Gasteiger partial charge in [-0.05, 0) is 17.9 Å². The molecule has 5 nitrogen and oxygen atoms in total. The fourth-order valence-corrected chi connectivity index (χ4v) is 2.84. The highest BCUT2D eigenvalue weighted by Gasteiger charge is 2.24. The van der Waals surface area contributed by atoms with Gasteiger partial charge in [-0.15, -0.1) is 11.3 Å². The molecule has 1 atom stereocenters. The zero-order valence-corrected chi connectivity index (χ0v) is 11.2. The first-order chi connectivity index (χ1) is 9.22. The number of hydrogen-bond donors (Lipinski definition) is 1. The summed E-state index contributed by atoms with van der Waals surface area (Å²) < 4.78 is 5.40. The third kappa shape index (κ3) is 2.69. The van der Waals surface area contributed by atoms with E-state index in [1.54, 1.807) is 22.5 Å². The summed E-state index contributed by atoms with van der Waals surface area (Å²) in [6.45, 7) is 1.39. The zero-order valence-electron chi connectivity index (χ0n) is 10.4. The van der Waals surface area contributed by atoms with Crippen LogP contribution in [0, 0.1) is 0 Å². The Hall–Kier alpha value is -1.66. The molecule has 6 heteroatoms. The molecule has 1 aliphatic rings. The Morgan fingerprint density at radius 3 is 3.21 bits per heavy atom. The molecule has 0 saturated carbocycles. The number of carbonyl (C=O) groups excluding carboxylic acids is 1. The Balaban J connectivity index is 1.66. The fraction of sp³-hybridized carbons (Fsp3) is 0.385. The van der Waals surface area contributed by atoms with Crippen LogP contribution >= 0.6 is 11.3 Å². The maximum atomic E-state index is 12.0. The van der Waals surface area contributed by atoms with Crippen molar-refractivity contribution in [1.29, 1.82) is 0 Å². The van der Waals surface area contributed by atoms with Crippen LogP contribution in [0.4, 0.5) is 0 Å². The van der Waals surface area contributed by atoms with Gasteiger partial charge in [0.05, 0.1) is 17.0 Å². The second kappa shape index (κ2) is 5.14. The number of thiophene rings is 1. The van der Waals surface area contributed by atoms with Crippen molar-refractivity contribution in [2.75, 3.05) is 13.1 Å². The largest absolute Gasteiger partial charge is 0.444 e. The van der Waals surface area contributed by atoms with Crippen LogP contribution in [0.3, 0.4) is 0 Å². The lowest BCUT2D eigenvalue weighted by Crippen LogP contribution is -2.32. The summed E-state index contributed by atoms with van der Waals surface area (Å²) in [5.41, 5.74) is 6.47. The molecule has 2 N–H and O–H groups in total. The van der Waals surface area contributed by atoms with E-state index >= 15 is 0 Å². The van der Waals surface area contributed by atoms with Crippen LogP contribution in [0.1, 0.15) is 12.1 Å². The molecular weight excluding hydrogens is 262 g/mol. The van der Waals surface area contributed by atoms with E-state index in [0.29, 0.717) is 18.1 Å². The summed E-state index contributed by atoms with van der Waals surface area (Å²) in [4.78, 5) is 19.2. The molecule has 19 heavy (non-hydrogen) atoms. The van der Waals surface area contributed by atoms with E-state index in [4.69, 9.17) is 10.2 Å². The zero-order chi connectivity index (χ0) is 13.2. The second-order valence-electron chi connectivity index (χ2n) is 4.69. The van der Waals surface area contributed by atoms with E-state index < -0.39 is 0 Å². The molecule has 3 heterocycles. The number of nitrogens with two attached hydrogens (primary N) is 1. The summed E-state index contributed by atoms with van der Waals surface area (Å²) in [5, 5.41) is 1.97. The minimum atomic E-state index is 0.0685. The van der Waals surface area contributed by atoms with Crippen LogP contribution < -0.4 is 5.73 Å². The molecule has 0 radical (unpaired) electrons. The average Bonchev–Trinajstić information content (AvgIpc) is 3.07. The minimum Gasteiger partial charge on any atom is -0.444 e. The number of oxazole rings is 1. The topological polar surface area (TPSA) is 72.4 Å². The number of likely N-dealkylation sites (tertiary alicyclic amines) is 1. The molecular formula is C13H15N3O2S. The van der Waals surface area contributed by atoms with Crippen molar-refractivity contribution >= 4 is 17.2 Å². The lowest BCUT2D eigenvalue weighted by molar-refractivity contribution is -0.129. The van der Waals surface area contributed by atoms with Gasteiger partial charge in [0.2, 0.25) is 11.8 Å². The molecule has 0 aromatic carbocycles. The van der Waals surface area contributed by atoms with E-state index in [2.05, 4.69) is 4.98 Å². The third-order valence-electron chi connectivity index (χ3n) is 3.19. The van der Waals surface area contributed by atoms with Crippen molar-refractivity contribution < 1.29 is 9.21 Å². The molecule has 1 amide bonds. The molecule has 0 aliphatic carbocycles. The summed E-state index contributed by atoms with van der Waals surface area (Å²) in [5.74, 6) is 0.648. The van der Waals surface area contributed by atoms with E-state index in [0.717, 1.165) is 17.8 Å². The lowest BCUT2D eigenvalue weighted by Gasteiger charge is -2.14. The van der Waals surface area contributed by atoms with Gasteiger partial charge in [-0.1, -0.05) is 6.07 Å². The molecule has 1 fully saturated rings. The van der Waals surface area contributed by atoms with Gasteiger partial charge in [-0.25, -0.2) is 4.98 Å². The number of amides is 1. The van der Waals surface area contributed by atoms with Gasteiger partial charge in [-0.2, -0.15) is 0 Å². The van der Waals surface area contributed by atoms with Crippen molar-refractivity contribution in [3.63, 3.8) is 0 Å². The first-order valence-electron chi connectivity index (χ1n) is 6.24. The van der Waals surface area contributed by atoms with Crippen LogP contribution in [0.2, 0.25) is 0 Å². The summed E-state index contributed by atoms with van der Waals surface area (Å²) in [6, 6.07) is 4.00. The lowest BCUT2D eigenvalue weighted by atomic mass is 10.3. The van der Waals surface area contributed by atoms with Crippen molar-refractivity contribution in [1.82, 2.24) is 9.88 Å². The molecule has 0 unspecified atom stereocenters. The number of hydrogen-bond acceptors (Lipinski definition) is 5. The standard InChI is InChI=1S/C13H15N3O2S/c14-9-3-4-16(7-9)12(17)6-10-8-18-13(15-10)11-2-1-5-19-11/h1-2,5,8-9H,3-4,6-7,14H2/t9-/m1/s1. The van der Waals surface area contributed by atoms with E-state index in [-0.39, 0.29) is 18.4 Å². The molecule has 1 saturated heterocycles. The first kappa shape index (κ1) is 12.4. The number of aromatic nitrogens is 1. The van der Waals surface area contributed by atoms with Gasteiger partial charge in [0.25, 0.3) is 0 Å². The second-order valence-corrected chi connectivity index (χ2v) is 5.63. The molecule has 2 aromatic rings. The highest BCUT2D eigenvalue weighted by molar-refractivity contribution is 7.13. The van der Waals surface area contributed by atoms with Crippen molar-refractivity contribution in [3.05, 3.63) is 29.5 Å². The predicted octanol–water partition coefficient (Wildman–Crippen LogP) is 1.51. The third-order valence-corrected chi connectivity index (χ3v) is 4.05. The summed E-state index contributed by atoms with van der Waals surface area (Å²) in [6.07, 6.45) is 2.72. The monoisotopic (exact) mass is 277 g/mol. The van der Waals surface area contributed by atoms with Crippen LogP contribution in [0.15, 0.2) is 28.2 Å². The maximum Gasteiger partial charge on any atom is 0.236 e. The summed E-state index contributed by atoms with van der Waals surface area (Å²) >= 11 is 1.57. The molecule has 2 aromatic heterocycles. The number of nitrogens with zero attached hydrogens (tertiary/aromatic N) is 2. The van der Waals surface area contributed by atoms with Crippen LogP contribution in [-0.4, -0.2) is 34.9 Å². The van der Waals surface area contributed by atoms with Crippen molar-refractivity contribution in [2.45, 2.75) is 18.9 Å². The number of rotatable bonds is 3. The Labute approximate surface area is 115 Å². The van der Waals surface area contributed by atoms with Gasteiger partial charge < -0.3 is 15.1 Å². The van der Waals surface area contributed by atoms with Gasteiger partial charge in [0.1, 0.15) is 6.26 Å². The van der Waals surface area contributed by atoms with Gasteiger partial charge >= 0.3 is 0 Å². The van der Waals surface area contributed by atoms with Gasteiger partial charge in [0.15, 0.2) is 0 Å². The van der Waals surface area contributed by atoms with Crippen molar-refractivity contribution in [3.8, 4) is 10.8 Å². The van der Waals surface area contributed by atoms with Crippen LogP contribution in [-0.2, 0) is 11.2 Å². The maximum absolute atomic E-state index is 12.0. The van der Waals surface area contributed by atoms with E-state index in [9.17, 15) is 4.79 Å². The normalized spacial score (nSPS) is 19.0. The van der Waals surface area contributed by atoms with E-state index in [1.807, 2.05) is 17.5 Å². The highest BCUT2D eigenvalue weighted by Crippen LogP contribution is 2.24. The van der Waals surface area contributed by atoms with Gasteiger partial charge in [-0.3, -0.25) is 4.79 Å².